The maximum atomic E-state index is 12.4. The molecule has 0 fully saturated rings. The van der Waals surface area contributed by atoms with Crippen molar-refractivity contribution >= 4 is 10.0 Å². The van der Waals surface area contributed by atoms with Crippen LogP contribution < -0.4 is 9.46 Å². The van der Waals surface area contributed by atoms with Gasteiger partial charge in [0.05, 0.1) is 23.8 Å². The molecule has 1 heterocycles. The summed E-state index contributed by atoms with van der Waals surface area (Å²) in [7, 11) is -3.92. The Balaban J connectivity index is 2.13. The SMILES string of the molecule is CC(C)C(Cn1nccn1)NS(=O)(=O)c1ccc(OC(F)(F)F)cc1. The molecule has 0 aliphatic carbocycles. The van der Waals surface area contributed by atoms with Crippen LogP contribution in [0.2, 0.25) is 0 Å². The Kier molecular flexibility index (Phi) is 5.68. The van der Waals surface area contributed by atoms with Crippen LogP contribution in [0.1, 0.15) is 13.8 Å². The van der Waals surface area contributed by atoms with Gasteiger partial charge in [0.2, 0.25) is 10.0 Å². The normalized spacial score (nSPS) is 13.8. The lowest BCUT2D eigenvalue weighted by Crippen LogP contribution is -2.41. The van der Waals surface area contributed by atoms with E-state index in [9.17, 15) is 21.6 Å². The second-order valence-corrected chi connectivity index (χ2v) is 7.29. The molecule has 1 aromatic heterocycles. The number of sulfonamides is 1. The van der Waals surface area contributed by atoms with Gasteiger partial charge in [-0.1, -0.05) is 13.8 Å². The molecule has 1 aromatic carbocycles. The van der Waals surface area contributed by atoms with Crippen LogP contribution in [0.15, 0.2) is 41.6 Å². The summed E-state index contributed by atoms with van der Waals surface area (Å²) in [4.78, 5) is 1.19. The lowest BCUT2D eigenvalue weighted by atomic mass is 10.1. The molecular formula is C14H17F3N4O3S. The van der Waals surface area contributed by atoms with Gasteiger partial charge in [-0.25, -0.2) is 13.1 Å². The van der Waals surface area contributed by atoms with Crippen LogP contribution >= 0.6 is 0 Å². The summed E-state index contributed by atoms with van der Waals surface area (Å²) >= 11 is 0. The lowest BCUT2D eigenvalue weighted by Gasteiger charge is -2.21. The molecule has 7 nitrogen and oxygen atoms in total. The zero-order valence-electron chi connectivity index (χ0n) is 13.4. The minimum Gasteiger partial charge on any atom is -0.406 e. The van der Waals surface area contributed by atoms with Crippen molar-refractivity contribution in [2.45, 2.75) is 37.7 Å². The van der Waals surface area contributed by atoms with Crippen LogP contribution in [0.25, 0.3) is 0 Å². The van der Waals surface area contributed by atoms with Crippen molar-refractivity contribution in [1.29, 1.82) is 0 Å². The monoisotopic (exact) mass is 378 g/mol. The summed E-state index contributed by atoms with van der Waals surface area (Å²) in [6, 6.07) is 3.49. The molecule has 1 atom stereocenters. The van der Waals surface area contributed by atoms with E-state index in [1.165, 1.54) is 17.2 Å². The molecule has 0 spiro atoms. The van der Waals surface area contributed by atoms with E-state index in [1.54, 1.807) is 0 Å². The van der Waals surface area contributed by atoms with Crippen molar-refractivity contribution in [1.82, 2.24) is 19.7 Å². The number of hydrogen-bond donors (Lipinski definition) is 1. The number of hydrogen-bond acceptors (Lipinski definition) is 5. The number of aromatic nitrogens is 3. The van der Waals surface area contributed by atoms with E-state index in [0.29, 0.717) is 0 Å². The topological polar surface area (TPSA) is 86.1 Å². The molecule has 0 amide bonds. The molecule has 0 bridgehead atoms. The predicted octanol–water partition coefficient (Wildman–Crippen LogP) is 2.18. The zero-order valence-corrected chi connectivity index (χ0v) is 14.3. The number of benzene rings is 1. The fourth-order valence-corrected chi connectivity index (χ4v) is 3.36. The molecule has 0 radical (unpaired) electrons. The smallest absolute Gasteiger partial charge is 0.406 e. The first-order chi connectivity index (χ1) is 11.6. The molecule has 0 aliphatic heterocycles. The van der Waals surface area contributed by atoms with Gasteiger partial charge in [-0.15, -0.1) is 13.2 Å². The fourth-order valence-electron chi connectivity index (χ4n) is 1.99. The van der Waals surface area contributed by atoms with Crippen molar-refractivity contribution in [3.8, 4) is 5.75 Å². The number of ether oxygens (including phenoxy) is 1. The summed E-state index contributed by atoms with van der Waals surface area (Å²) in [5, 5.41) is 7.87. The Morgan fingerprint density at radius 1 is 1.16 bits per heavy atom. The Morgan fingerprint density at radius 2 is 1.72 bits per heavy atom. The molecule has 138 valence electrons. The van der Waals surface area contributed by atoms with Gasteiger partial charge in [0.15, 0.2) is 0 Å². The molecular weight excluding hydrogens is 361 g/mol. The van der Waals surface area contributed by atoms with Gasteiger partial charge in [-0.3, -0.25) is 0 Å². The first kappa shape index (κ1) is 19.2. The fraction of sp³-hybridized carbons (Fsp3) is 0.429. The lowest BCUT2D eigenvalue weighted by molar-refractivity contribution is -0.274. The Bertz CT molecular complexity index is 775. The van der Waals surface area contributed by atoms with E-state index < -0.39 is 28.2 Å². The van der Waals surface area contributed by atoms with Crippen LogP contribution in [0.3, 0.4) is 0 Å². The van der Waals surface area contributed by atoms with Crippen molar-refractivity contribution in [2.24, 2.45) is 5.92 Å². The molecule has 25 heavy (non-hydrogen) atoms. The van der Waals surface area contributed by atoms with Gasteiger partial charge in [-0.2, -0.15) is 15.0 Å². The zero-order chi connectivity index (χ0) is 18.7. The van der Waals surface area contributed by atoms with E-state index >= 15 is 0 Å². The van der Waals surface area contributed by atoms with E-state index in [2.05, 4.69) is 19.7 Å². The standard InChI is InChI=1S/C14H17F3N4O3S/c1-10(2)13(9-21-18-7-8-19-21)20-25(22,23)12-5-3-11(4-6-12)24-14(15,16)17/h3-8,10,13,20H,9H2,1-2H3. The summed E-state index contributed by atoms with van der Waals surface area (Å²) in [5.41, 5.74) is 0. The highest BCUT2D eigenvalue weighted by atomic mass is 32.2. The number of halogens is 3. The van der Waals surface area contributed by atoms with Crippen LogP contribution in [0, 0.1) is 5.92 Å². The third-order valence-corrected chi connectivity index (χ3v) is 4.81. The first-order valence-electron chi connectivity index (χ1n) is 7.29. The highest BCUT2D eigenvalue weighted by Gasteiger charge is 2.31. The maximum absolute atomic E-state index is 12.4. The molecule has 2 rings (SSSR count). The van der Waals surface area contributed by atoms with Crippen molar-refractivity contribution in [3.05, 3.63) is 36.7 Å². The summed E-state index contributed by atoms with van der Waals surface area (Å²) in [6.45, 7) is 3.88. The Labute approximate surface area is 142 Å². The van der Waals surface area contributed by atoms with Gasteiger partial charge in [0.25, 0.3) is 0 Å². The Hall–Kier alpha value is -2.14. The third-order valence-electron chi connectivity index (χ3n) is 3.31. The number of nitrogens with zero attached hydrogens (tertiary/aromatic N) is 3. The molecule has 0 saturated carbocycles. The van der Waals surface area contributed by atoms with E-state index in [4.69, 9.17) is 0 Å². The van der Waals surface area contributed by atoms with Gasteiger partial charge < -0.3 is 4.74 Å². The molecule has 1 N–H and O–H groups in total. The van der Waals surface area contributed by atoms with E-state index in [-0.39, 0.29) is 17.4 Å². The first-order valence-corrected chi connectivity index (χ1v) is 8.77. The third kappa shape index (κ3) is 5.71. The van der Waals surface area contributed by atoms with Crippen LogP contribution in [0.4, 0.5) is 13.2 Å². The highest BCUT2D eigenvalue weighted by Crippen LogP contribution is 2.24. The van der Waals surface area contributed by atoms with E-state index in [1.807, 2.05) is 13.8 Å². The van der Waals surface area contributed by atoms with Crippen LogP contribution in [-0.2, 0) is 16.6 Å². The summed E-state index contributed by atoms with van der Waals surface area (Å²) in [6.07, 6.45) is -1.88. The van der Waals surface area contributed by atoms with Crippen LogP contribution in [-0.4, -0.2) is 35.8 Å². The second-order valence-electron chi connectivity index (χ2n) is 5.57. The highest BCUT2D eigenvalue weighted by molar-refractivity contribution is 7.89. The molecule has 0 saturated heterocycles. The molecule has 0 aliphatic rings. The number of nitrogens with one attached hydrogen (secondary N) is 1. The van der Waals surface area contributed by atoms with Gasteiger partial charge in [-0.05, 0) is 30.2 Å². The minimum absolute atomic E-state index is 0.0615. The largest absolute Gasteiger partial charge is 0.573 e. The van der Waals surface area contributed by atoms with Gasteiger partial charge in [0.1, 0.15) is 5.75 Å². The van der Waals surface area contributed by atoms with Crippen LogP contribution in [0.5, 0.6) is 5.75 Å². The number of alkyl halides is 3. The van der Waals surface area contributed by atoms with Gasteiger partial charge >= 0.3 is 6.36 Å². The molecule has 11 heteroatoms. The maximum Gasteiger partial charge on any atom is 0.573 e. The van der Waals surface area contributed by atoms with Gasteiger partial charge in [0, 0.05) is 6.04 Å². The van der Waals surface area contributed by atoms with E-state index in [0.717, 1.165) is 24.3 Å². The second kappa shape index (κ2) is 7.40. The summed E-state index contributed by atoms with van der Waals surface area (Å²) in [5.74, 6) is -0.554. The minimum atomic E-state index is -4.84. The number of rotatable bonds is 7. The van der Waals surface area contributed by atoms with Crippen molar-refractivity contribution < 1.29 is 26.3 Å². The average Bonchev–Trinajstić information content (AvgIpc) is 2.98. The predicted molar refractivity (Wildman–Crippen MR) is 82.1 cm³/mol. The Morgan fingerprint density at radius 3 is 2.20 bits per heavy atom. The average molecular weight is 378 g/mol. The van der Waals surface area contributed by atoms with Crippen molar-refractivity contribution in [2.75, 3.05) is 0 Å². The molecule has 1 unspecified atom stereocenters. The molecule has 2 aromatic rings. The quantitative estimate of drug-likeness (QED) is 0.798. The van der Waals surface area contributed by atoms with Crippen molar-refractivity contribution in [3.63, 3.8) is 0 Å². The summed E-state index contributed by atoms with van der Waals surface area (Å²) < 4.78 is 67.6.